The van der Waals surface area contributed by atoms with Gasteiger partial charge in [0.05, 0.1) is 14.2 Å². The van der Waals surface area contributed by atoms with E-state index in [1.165, 1.54) is 6.42 Å². The first-order chi connectivity index (χ1) is 15.5. The first-order valence-electron chi connectivity index (χ1n) is 10.9. The highest BCUT2D eigenvalue weighted by Gasteiger charge is 2.24. The molecular formula is C26H30N2O4. The number of rotatable bonds is 8. The lowest BCUT2D eigenvalue weighted by atomic mass is 9.86. The topological polar surface area (TPSA) is 80.6 Å². The van der Waals surface area contributed by atoms with Crippen LogP contribution in [-0.2, 0) is 11.4 Å². The molecule has 6 heteroatoms. The van der Waals surface area contributed by atoms with E-state index in [0.29, 0.717) is 18.3 Å². The van der Waals surface area contributed by atoms with Crippen LogP contribution in [0.5, 0.6) is 17.2 Å². The highest BCUT2D eigenvalue weighted by Crippen LogP contribution is 2.26. The van der Waals surface area contributed by atoms with E-state index in [2.05, 4.69) is 12.2 Å². The normalized spacial score (nSPS) is 18.4. The summed E-state index contributed by atoms with van der Waals surface area (Å²) in [6, 6.07) is 15.0. The molecule has 1 fully saturated rings. The maximum atomic E-state index is 12.6. The zero-order chi connectivity index (χ0) is 22.9. The second-order valence-electron chi connectivity index (χ2n) is 8.05. The Bertz CT molecular complexity index is 992. The van der Waals surface area contributed by atoms with Crippen LogP contribution in [0.1, 0.15) is 43.7 Å². The standard InChI is InChI=1S/C26H30N2O4/c1-18-6-4-5-7-24(18)28-26(29)20(16-27)14-19-8-10-22(11-9-19)32-17-21-15-23(30-2)12-13-25(21)31-3/h8-15,18,24H,4-7,17H2,1-3H3,(H,28,29)/b20-14+/t18-,24-/m1/s1. The lowest BCUT2D eigenvalue weighted by Crippen LogP contribution is -2.41. The van der Waals surface area contributed by atoms with Gasteiger partial charge >= 0.3 is 0 Å². The van der Waals surface area contributed by atoms with Gasteiger partial charge in [0.15, 0.2) is 0 Å². The molecule has 3 rings (SSSR count). The van der Waals surface area contributed by atoms with Crippen LogP contribution >= 0.6 is 0 Å². The Kier molecular flexibility index (Phi) is 8.15. The number of carbonyl (C=O) groups excluding carboxylic acids is 1. The molecule has 1 N–H and O–H groups in total. The van der Waals surface area contributed by atoms with Gasteiger partial charge in [-0.05, 0) is 60.7 Å². The minimum absolute atomic E-state index is 0.109. The summed E-state index contributed by atoms with van der Waals surface area (Å²) in [7, 11) is 3.23. The van der Waals surface area contributed by atoms with Crippen LogP contribution in [-0.4, -0.2) is 26.2 Å². The summed E-state index contributed by atoms with van der Waals surface area (Å²) in [4.78, 5) is 12.6. The number of amides is 1. The molecule has 6 nitrogen and oxygen atoms in total. The van der Waals surface area contributed by atoms with E-state index in [1.807, 2.05) is 48.5 Å². The Hall–Kier alpha value is -3.46. The number of nitrogens with one attached hydrogen (secondary N) is 1. The van der Waals surface area contributed by atoms with Crippen molar-refractivity contribution in [3.63, 3.8) is 0 Å². The number of carbonyl (C=O) groups is 1. The molecule has 0 saturated heterocycles. The van der Waals surface area contributed by atoms with Gasteiger partial charge in [0.2, 0.25) is 0 Å². The van der Waals surface area contributed by atoms with Crippen LogP contribution in [0.2, 0.25) is 0 Å². The Morgan fingerprint density at radius 2 is 1.81 bits per heavy atom. The zero-order valence-electron chi connectivity index (χ0n) is 18.9. The minimum atomic E-state index is -0.309. The molecule has 2 aromatic rings. The first kappa shape index (κ1) is 23.2. The molecule has 0 unspecified atom stereocenters. The molecule has 2 atom stereocenters. The molecule has 0 aromatic heterocycles. The van der Waals surface area contributed by atoms with Gasteiger partial charge in [-0.3, -0.25) is 4.79 Å². The third kappa shape index (κ3) is 6.04. The van der Waals surface area contributed by atoms with Gasteiger partial charge in [0.1, 0.15) is 35.5 Å². The minimum Gasteiger partial charge on any atom is -0.497 e. The van der Waals surface area contributed by atoms with Crippen LogP contribution in [0.4, 0.5) is 0 Å². The summed E-state index contributed by atoms with van der Waals surface area (Å²) in [6.07, 6.45) is 6.00. The smallest absolute Gasteiger partial charge is 0.262 e. The summed E-state index contributed by atoms with van der Waals surface area (Å²) < 4.78 is 16.5. The molecule has 0 heterocycles. The van der Waals surface area contributed by atoms with Crippen molar-refractivity contribution in [1.82, 2.24) is 5.32 Å². The maximum absolute atomic E-state index is 12.6. The second-order valence-corrected chi connectivity index (χ2v) is 8.05. The molecular weight excluding hydrogens is 404 g/mol. The first-order valence-corrected chi connectivity index (χ1v) is 10.9. The van der Waals surface area contributed by atoms with Crippen LogP contribution < -0.4 is 19.5 Å². The molecule has 0 spiro atoms. The fourth-order valence-corrected chi connectivity index (χ4v) is 3.91. The second kappa shape index (κ2) is 11.2. The van der Waals surface area contributed by atoms with Crippen molar-refractivity contribution in [1.29, 1.82) is 5.26 Å². The van der Waals surface area contributed by atoms with Crippen LogP contribution in [0, 0.1) is 17.2 Å². The van der Waals surface area contributed by atoms with Gasteiger partial charge in [-0.15, -0.1) is 0 Å². The highest BCUT2D eigenvalue weighted by molar-refractivity contribution is 6.01. The Morgan fingerprint density at radius 1 is 1.09 bits per heavy atom. The van der Waals surface area contributed by atoms with Crippen molar-refractivity contribution in [3.8, 4) is 23.3 Å². The lowest BCUT2D eigenvalue weighted by molar-refractivity contribution is -0.118. The van der Waals surface area contributed by atoms with Crippen LogP contribution in [0.15, 0.2) is 48.0 Å². The van der Waals surface area contributed by atoms with E-state index < -0.39 is 0 Å². The Labute approximate surface area is 189 Å². The van der Waals surface area contributed by atoms with Gasteiger partial charge in [-0.25, -0.2) is 0 Å². The third-order valence-corrected chi connectivity index (χ3v) is 5.87. The van der Waals surface area contributed by atoms with Crippen molar-refractivity contribution < 1.29 is 19.0 Å². The summed E-state index contributed by atoms with van der Waals surface area (Å²) >= 11 is 0. The predicted octanol–water partition coefficient (Wildman–Crippen LogP) is 4.88. The third-order valence-electron chi connectivity index (χ3n) is 5.87. The van der Waals surface area contributed by atoms with Crippen molar-refractivity contribution in [2.24, 2.45) is 5.92 Å². The molecule has 2 aromatic carbocycles. The Morgan fingerprint density at radius 3 is 2.47 bits per heavy atom. The molecule has 1 aliphatic carbocycles. The molecule has 1 saturated carbocycles. The van der Waals surface area contributed by atoms with Crippen molar-refractivity contribution in [3.05, 3.63) is 59.2 Å². The highest BCUT2D eigenvalue weighted by atomic mass is 16.5. The van der Waals surface area contributed by atoms with Crippen LogP contribution in [0.25, 0.3) is 6.08 Å². The number of hydrogen-bond donors (Lipinski definition) is 1. The average molecular weight is 435 g/mol. The quantitative estimate of drug-likeness (QED) is 0.473. The van der Waals surface area contributed by atoms with Gasteiger partial charge in [0, 0.05) is 11.6 Å². The fraction of sp³-hybridized carbons (Fsp3) is 0.385. The number of benzene rings is 2. The molecule has 0 aliphatic heterocycles. The molecule has 168 valence electrons. The van der Waals surface area contributed by atoms with Gasteiger partial charge in [0.25, 0.3) is 5.91 Å². The van der Waals surface area contributed by atoms with Gasteiger partial charge in [-0.2, -0.15) is 5.26 Å². The van der Waals surface area contributed by atoms with Gasteiger partial charge in [-0.1, -0.05) is 31.9 Å². The number of hydrogen-bond acceptors (Lipinski definition) is 5. The molecule has 1 aliphatic rings. The SMILES string of the molecule is COc1ccc(OC)c(COc2ccc(/C=C(\C#N)C(=O)N[C@@H]3CCCC[C@H]3C)cc2)c1. The zero-order valence-corrected chi connectivity index (χ0v) is 18.9. The van der Waals surface area contributed by atoms with E-state index in [1.54, 1.807) is 20.3 Å². The van der Waals surface area contributed by atoms with Gasteiger partial charge < -0.3 is 19.5 Å². The summed E-state index contributed by atoms with van der Waals surface area (Å²) in [5.41, 5.74) is 1.74. The average Bonchev–Trinajstić information content (AvgIpc) is 2.83. The van der Waals surface area contributed by atoms with E-state index in [0.717, 1.165) is 41.9 Å². The van der Waals surface area contributed by atoms with E-state index >= 15 is 0 Å². The molecule has 32 heavy (non-hydrogen) atoms. The lowest BCUT2D eigenvalue weighted by Gasteiger charge is -2.29. The molecule has 0 radical (unpaired) electrons. The number of nitrogens with zero attached hydrogens (tertiary/aromatic N) is 1. The van der Waals surface area contributed by atoms with E-state index in [-0.39, 0.29) is 17.5 Å². The van der Waals surface area contributed by atoms with E-state index in [9.17, 15) is 10.1 Å². The predicted molar refractivity (Wildman–Crippen MR) is 123 cm³/mol. The largest absolute Gasteiger partial charge is 0.497 e. The Balaban J connectivity index is 1.63. The number of ether oxygens (including phenoxy) is 3. The summed E-state index contributed by atoms with van der Waals surface area (Å²) in [5.74, 6) is 2.26. The van der Waals surface area contributed by atoms with Crippen LogP contribution in [0.3, 0.4) is 0 Å². The monoisotopic (exact) mass is 434 g/mol. The number of nitriles is 1. The molecule has 0 bridgehead atoms. The number of methoxy groups -OCH3 is 2. The summed E-state index contributed by atoms with van der Waals surface area (Å²) in [6.45, 7) is 2.47. The summed E-state index contributed by atoms with van der Waals surface area (Å²) in [5, 5.41) is 12.5. The van der Waals surface area contributed by atoms with E-state index in [4.69, 9.17) is 14.2 Å². The molecule has 1 amide bonds. The fourth-order valence-electron chi connectivity index (χ4n) is 3.91. The van der Waals surface area contributed by atoms with Crippen molar-refractivity contribution in [2.45, 2.75) is 45.3 Å². The maximum Gasteiger partial charge on any atom is 0.262 e. The van der Waals surface area contributed by atoms with Crippen molar-refractivity contribution in [2.75, 3.05) is 14.2 Å². The van der Waals surface area contributed by atoms with Crippen molar-refractivity contribution >= 4 is 12.0 Å².